The number of carbonyl (C=O) groups is 1. The zero-order chi connectivity index (χ0) is 20.9. The van der Waals surface area contributed by atoms with Crippen molar-refractivity contribution in [1.82, 2.24) is 14.7 Å². The van der Waals surface area contributed by atoms with E-state index in [1.165, 1.54) is 24.8 Å². The van der Waals surface area contributed by atoms with Crippen molar-refractivity contribution in [3.05, 3.63) is 72.4 Å². The Balaban J connectivity index is 1.61. The molecule has 3 heterocycles. The fourth-order valence-corrected chi connectivity index (χ4v) is 3.45. The minimum absolute atomic E-state index is 0.185. The molecule has 1 fully saturated rings. The normalized spacial score (nSPS) is 14.2. The molecule has 0 saturated heterocycles. The summed E-state index contributed by atoms with van der Waals surface area (Å²) in [6.45, 7) is 0. The molecule has 0 atom stereocenters. The van der Waals surface area contributed by atoms with Crippen molar-refractivity contribution in [2.24, 2.45) is 0 Å². The van der Waals surface area contributed by atoms with Crippen LogP contribution in [0.1, 0.15) is 28.8 Å². The molecule has 152 valence electrons. The number of hydrogen-bond acceptors (Lipinski definition) is 3. The van der Waals surface area contributed by atoms with E-state index >= 15 is 0 Å². The van der Waals surface area contributed by atoms with Gasteiger partial charge in [0.1, 0.15) is 12.0 Å². The summed E-state index contributed by atoms with van der Waals surface area (Å²) in [5, 5.41) is 2.98. The fraction of sp³-hybridized carbons (Fsp3) is 0.182. The third kappa shape index (κ3) is 3.34. The van der Waals surface area contributed by atoms with Crippen LogP contribution in [0.4, 0.5) is 13.2 Å². The number of benzene rings is 1. The third-order valence-electron chi connectivity index (χ3n) is 5.15. The van der Waals surface area contributed by atoms with E-state index in [0.717, 1.165) is 30.5 Å². The zero-order valence-corrected chi connectivity index (χ0v) is 15.6. The highest BCUT2D eigenvalue weighted by Crippen LogP contribution is 2.33. The molecule has 1 aromatic carbocycles. The molecule has 1 aliphatic carbocycles. The molecule has 1 saturated carbocycles. The van der Waals surface area contributed by atoms with Gasteiger partial charge in [0, 0.05) is 17.8 Å². The van der Waals surface area contributed by atoms with Crippen molar-refractivity contribution in [3.63, 3.8) is 0 Å². The predicted octanol–water partition coefficient (Wildman–Crippen LogP) is 5.17. The Hall–Kier alpha value is -3.55. The van der Waals surface area contributed by atoms with E-state index in [1.807, 2.05) is 16.5 Å². The number of fused-ring (bicyclic) bond motifs is 1. The van der Waals surface area contributed by atoms with E-state index < -0.39 is 11.7 Å². The molecule has 5 rings (SSSR count). The summed E-state index contributed by atoms with van der Waals surface area (Å²) in [7, 11) is 0. The number of nitrogens with zero attached hydrogens (tertiary/aromatic N) is 2. The lowest BCUT2D eigenvalue weighted by Crippen LogP contribution is -2.25. The van der Waals surface area contributed by atoms with Gasteiger partial charge in [-0.3, -0.25) is 4.79 Å². The minimum Gasteiger partial charge on any atom is -0.451 e. The van der Waals surface area contributed by atoms with Gasteiger partial charge in [-0.05, 0) is 48.2 Å². The number of amides is 1. The quantitative estimate of drug-likeness (QED) is 0.504. The topological polar surface area (TPSA) is 59.5 Å². The van der Waals surface area contributed by atoms with Gasteiger partial charge in [-0.15, -0.1) is 0 Å². The lowest BCUT2D eigenvalue weighted by molar-refractivity contribution is -0.137. The van der Waals surface area contributed by atoms with Crippen LogP contribution in [0, 0.1) is 0 Å². The number of alkyl halides is 3. The first-order valence-electron chi connectivity index (χ1n) is 9.42. The summed E-state index contributed by atoms with van der Waals surface area (Å²) in [4.78, 5) is 17.0. The van der Waals surface area contributed by atoms with Crippen LogP contribution in [0.3, 0.4) is 0 Å². The highest BCUT2D eigenvalue weighted by Gasteiger charge is 2.30. The Kier molecular flexibility index (Phi) is 4.16. The van der Waals surface area contributed by atoms with Gasteiger partial charge in [0.25, 0.3) is 5.91 Å². The zero-order valence-electron chi connectivity index (χ0n) is 15.6. The van der Waals surface area contributed by atoms with E-state index in [-0.39, 0.29) is 11.9 Å². The summed E-state index contributed by atoms with van der Waals surface area (Å²) in [5.74, 6) is -0.185. The average molecular weight is 411 g/mol. The Morgan fingerprint density at radius 3 is 2.47 bits per heavy atom. The second kappa shape index (κ2) is 6.76. The van der Waals surface area contributed by atoms with E-state index in [2.05, 4.69) is 10.3 Å². The lowest BCUT2D eigenvalue weighted by atomic mass is 10.1. The van der Waals surface area contributed by atoms with Crippen molar-refractivity contribution < 1.29 is 22.4 Å². The molecule has 0 unspecified atom stereocenters. The average Bonchev–Trinajstić information content (AvgIpc) is 3.23. The summed E-state index contributed by atoms with van der Waals surface area (Å²) in [6, 6.07) is 10.6. The Morgan fingerprint density at radius 2 is 1.83 bits per heavy atom. The molecule has 3 aromatic heterocycles. The molecule has 0 bridgehead atoms. The molecular formula is C22H16F3N3O2. The highest BCUT2D eigenvalue weighted by atomic mass is 19.4. The Morgan fingerprint density at radius 1 is 1.10 bits per heavy atom. The first-order chi connectivity index (χ1) is 14.4. The number of aromatic nitrogens is 2. The van der Waals surface area contributed by atoms with Gasteiger partial charge in [-0.2, -0.15) is 13.2 Å². The summed E-state index contributed by atoms with van der Waals surface area (Å²) in [5.41, 5.74) is 2.96. The van der Waals surface area contributed by atoms with Crippen molar-refractivity contribution in [3.8, 4) is 22.5 Å². The van der Waals surface area contributed by atoms with Crippen LogP contribution in [0.2, 0.25) is 0 Å². The number of carbonyl (C=O) groups excluding carboxylic acids is 1. The molecular weight excluding hydrogens is 395 g/mol. The molecule has 0 spiro atoms. The van der Waals surface area contributed by atoms with Gasteiger partial charge in [0.05, 0.1) is 16.8 Å². The van der Waals surface area contributed by atoms with Crippen LogP contribution in [-0.2, 0) is 6.18 Å². The van der Waals surface area contributed by atoms with Crippen molar-refractivity contribution in [1.29, 1.82) is 0 Å². The third-order valence-corrected chi connectivity index (χ3v) is 5.15. The predicted molar refractivity (Wildman–Crippen MR) is 104 cm³/mol. The van der Waals surface area contributed by atoms with E-state index in [0.29, 0.717) is 28.1 Å². The molecule has 0 aliphatic heterocycles. The monoisotopic (exact) mass is 411 g/mol. The van der Waals surface area contributed by atoms with Crippen LogP contribution in [0.5, 0.6) is 0 Å². The first kappa shape index (κ1) is 18.5. The van der Waals surface area contributed by atoms with Crippen molar-refractivity contribution in [2.75, 3.05) is 0 Å². The van der Waals surface area contributed by atoms with E-state index in [4.69, 9.17) is 4.42 Å². The molecule has 5 nitrogen and oxygen atoms in total. The standard InChI is InChI=1S/C22H16F3N3O2/c23-22(24,25)15-4-1-13(2-5-15)14-3-8-17-9-18(21(29)27-16-6-7-16)20(28(17)10-14)19-11-30-12-26-19/h1-5,8-12,16H,6-7H2,(H,27,29). The number of hydrogen-bond donors (Lipinski definition) is 1. The number of pyridine rings is 1. The number of oxazole rings is 1. The van der Waals surface area contributed by atoms with Gasteiger partial charge < -0.3 is 14.1 Å². The lowest BCUT2D eigenvalue weighted by Gasteiger charge is -2.09. The second-order valence-electron chi connectivity index (χ2n) is 7.32. The molecule has 1 aliphatic rings. The maximum Gasteiger partial charge on any atom is 0.416 e. The van der Waals surface area contributed by atoms with E-state index in [1.54, 1.807) is 12.3 Å². The molecule has 30 heavy (non-hydrogen) atoms. The fourth-order valence-electron chi connectivity index (χ4n) is 3.45. The van der Waals surface area contributed by atoms with Crippen LogP contribution in [0.15, 0.2) is 65.7 Å². The summed E-state index contributed by atoms with van der Waals surface area (Å²) >= 11 is 0. The van der Waals surface area contributed by atoms with Crippen LogP contribution in [-0.4, -0.2) is 21.3 Å². The van der Waals surface area contributed by atoms with Gasteiger partial charge >= 0.3 is 6.18 Å². The van der Waals surface area contributed by atoms with Gasteiger partial charge in [0.15, 0.2) is 6.39 Å². The minimum atomic E-state index is -4.38. The second-order valence-corrected chi connectivity index (χ2v) is 7.32. The molecule has 0 radical (unpaired) electrons. The maximum atomic E-state index is 12.9. The Labute approximate surface area is 169 Å². The molecule has 1 amide bonds. The number of halogens is 3. The molecule has 1 N–H and O–H groups in total. The Bertz CT molecular complexity index is 1220. The van der Waals surface area contributed by atoms with Crippen LogP contribution < -0.4 is 5.32 Å². The van der Waals surface area contributed by atoms with Crippen molar-refractivity contribution in [2.45, 2.75) is 25.1 Å². The first-order valence-corrected chi connectivity index (χ1v) is 9.42. The maximum absolute atomic E-state index is 12.9. The smallest absolute Gasteiger partial charge is 0.416 e. The van der Waals surface area contributed by atoms with E-state index in [9.17, 15) is 18.0 Å². The molecule has 8 heteroatoms. The van der Waals surface area contributed by atoms with Crippen molar-refractivity contribution >= 4 is 11.4 Å². The summed E-state index contributed by atoms with van der Waals surface area (Å²) in [6.07, 6.45) is 2.09. The summed E-state index contributed by atoms with van der Waals surface area (Å²) < 4.78 is 45.5. The number of nitrogens with one attached hydrogen (secondary N) is 1. The van der Waals surface area contributed by atoms with Crippen LogP contribution in [0.25, 0.3) is 28.0 Å². The molecule has 4 aromatic rings. The highest BCUT2D eigenvalue weighted by molar-refractivity contribution is 6.02. The van der Waals surface area contributed by atoms with Gasteiger partial charge in [-0.25, -0.2) is 4.98 Å². The van der Waals surface area contributed by atoms with Crippen LogP contribution >= 0.6 is 0 Å². The van der Waals surface area contributed by atoms with Gasteiger partial charge in [0.2, 0.25) is 0 Å². The number of rotatable bonds is 4. The largest absolute Gasteiger partial charge is 0.451 e. The SMILES string of the molecule is O=C(NC1CC1)c1cc2ccc(-c3ccc(C(F)(F)F)cc3)cn2c1-c1cocn1. The van der Waals surface area contributed by atoms with Gasteiger partial charge in [-0.1, -0.05) is 18.2 Å².